The van der Waals surface area contributed by atoms with Crippen molar-refractivity contribution in [1.29, 1.82) is 0 Å². The maximum Gasteiger partial charge on any atom is 0.160 e. The summed E-state index contributed by atoms with van der Waals surface area (Å²) >= 11 is 1.89. The highest BCUT2D eigenvalue weighted by atomic mass is 32.1. The summed E-state index contributed by atoms with van der Waals surface area (Å²) in [6.45, 7) is 11.0. The lowest BCUT2D eigenvalue weighted by Gasteiger charge is -2.35. The van der Waals surface area contributed by atoms with E-state index in [0.29, 0.717) is 5.82 Å². The third-order valence-corrected chi connectivity index (χ3v) is 12.1. The van der Waals surface area contributed by atoms with Gasteiger partial charge in [-0.2, -0.15) is 0 Å². The van der Waals surface area contributed by atoms with Gasteiger partial charge in [0.05, 0.1) is 22.4 Å². The molecule has 0 bridgehead atoms. The highest BCUT2D eigenvalue weighted by Gasteiger charge is 2.36. The highest BCUT2D eigenvalue weighted by Crippen LogP contribution is 2.51. The van der Waals surface area contributed by atoms with Crippen LogP contribution in [0.25, 0.3) is 93.7 Å². The van der Waals surface area contributed by atoms with Crippen molar-refractivity contribution in [3.8, 4) is 39.5 Å². The Balaban J connectivity index is 1.14. The molecule has 4 heteroatoms. The van der Waals surface area contributed by atoms with Crippen LogP contribution in [-0.4, -0.2) is 14.5 Å². The molecule has 0 saturated carbocycles. The summed E-state index contributed by atoms with van der Waals surface area (Å²) in [6.07, 6.45) is 6.12. The molecule has 0 fully saturated rings. The summed E-state index contributed by atoms with van der Waals surface area (Å²) in [5.41, 5.74) is 13.5. The highest BCUT2D eigenvalue weighted by molar-refractivity contribution is 7.25. The van der Waals surface area contributed by atoms with Gasteiger partial charge in [-0.1, -0.05) is 136 Å². The van der Waals surface area contributed by atoms with Gasteiger partial charge in [-0.15, -0.1) is 11.3 Å². The van der Waals surface area contributed by atoms with Crippen molar-refractivity contribution in [2.75, 3.05) is 0 Å². The first-order valence-corrected chi connectivity index (χ1v) is 18.6. The van der Waals surface area contributed by atoms with Crippen molar-refractivity contribution in [2.24, 2.45) is 0 Å². The van der Waals surface area contributed by atoms with E-state index < -0.39 is 0 Å². The van der Waals surface area contributed by atoms with Gasteiger partial charge in [-0.05, 0) is 70.6 Å². The minimum atomic E-state index is -0.185. The minimum Gasteiger partial charge on any atom is -0.300 e. The molecule has 52 heavy (non-hydrogen) atoms. The molecule has 0 radical (unpaired) electrons. The molecule has 0 saturated heterocycles. The largest absolute Gasteiger partial charge is 0.300 e. The predicted molar refractivity (Wildman–Crippen MR) is 222 cm³/mol. The maximum atomic E-state index is 5.28. The molecule has 4 heterocycles. The molecule has 3 aromatic heterocycles. The van der Waals surface area contributed by atoms with E-state index in [-0.39, 0.29) is 5.41 Å². The lowest BCUT2D eigenvalue weighted by molar-refractivity contribution is 0.630. The Hall–Kier alpha value is -6.10. The molecule has 10 rings (SSSR count). The molecule has 6 aromatic carbocycles. The Morgan fingerprint density at radius 2 is 1.44 bits per heavy atom. The van der Waals surface area contributed by atoms with Gasteiger partial charge in [0.2, 0.25) is 0 Å². The monoisotopic (exact) mass is 685 g/mol. The number of aromatic nitrogens is 3. The van der Waals surface area contributed by atoms with Crippen LogP contribution in [0.2, 0.25) is 0 Å². The average molecular weight is 686 g/mol. The fourth-order valence-corrected chi connectivity index (χ4v) is 9.66. The first-order valence-electron chi connectivity index (χ1n) is 17.8. The van der Waals surface area contributed by atoms with Crippen LogP contribution in [0.5, 0.6) is 0 Å². The smallest absolute Gasteiger partial charge is 0.160 e. The first kappa shape index (κ1) is 30.7. The zero-order valence-electron chi connectivity index (χ0n) is 29.3. The van der Waals surface area contributed by atoms with Crippen molar-refractivity contribution in [2.45, 2.75) is 26.2 Å². The summed E-state index contributed by atoms with van der Waals surface area (Å²) in [5.74, 6) is 0.705. The van der Waals surface area contributed by atoms with Gasteiger partial charge in [0.1, 0.15) is 4.83 Å². The van der Waals surface area contributed by atoms with E-state index in [1.54, 1.807) is 0 Å². The van der Waals surface area contributed by atoms with Crippen LogP contribution in [0.15, 0.2) is 140 Å². The molecule has 0 aliphatic carbocycles. The SMILES string of the molecule is C=Cc1c(/C=C\C)cccc1-c1nc(-c2cccc(-c3ccc4c(c3)C(C)(C)c3cccc5c6c7ccccc7sc6n-4c35)c2)nc2ccccc12. The van der Waals surface area contributed by atoms with Gasteiger partial charge >= 0.3 is 0 Å². The Kier molecular flexibility index (Phi) is 6.77. The molecule has 0 amide bonds. The lowest BCUT2D eigenvalue weighted by Crippen LogP contribution is -2.26. The van der Waals surface area contributed by atoms with E-state index in [1.165, 1.54) is 53.6 Å². The molecule has 248 valence electrons. The van der Waals surface area contributed by atoms with E-state index >= 15 is 0 Å². The number of allylic oxidation sites excluding steroid dienone is 1. The van der Waals surface area contributed by atoms with Gasteiger partial charge in [0.15, 0.2) is 5.82 Å². The number of rotatable bonds is 5. The van der Waals surface area contributed by atoms with Gasteiger partial charge < -0.3 is 4.57 Å². The molecule has 3 nitrogen and oxygen atoms in total. The van der Waals surface area contributed by atoms with Crippen LogP contribution in [0.3, 0.4) is 0 Å². The van der Waals surface area contributed by atoms with E-state index in [9.17, 15) is 0 Å². The van der Waals surface area contributed by atoms with Crippen LogP contribution in [-0.2, 0) is 5.41 Å². The maximum absolute atomic E-state index is 5.28. The third-order valence-electron chi connectivity index (χ3n) is 10.9. The fourth-order valence-electron chi connectivity index (χ4n) is 8.42. The molecule has 1 aliphatic heterocycles. The molecular formula is C48H35N3S. The zero-order chi connectivity index (χ0) is 35.1. The average Bonchev–Trinajstić information content (AvgIpc) is 3.72. The number of fused-ring (bicyclic) bond motifs is 8. The second kappa shape index (κ2) is 11.5. The van der Waals surface area contributed by atoms with Crippen molar-refractivity contribution in [1.82, 2.24) is 14.5 Å². The summed E-state index contributed by atoms with van der Waals surface area (Å²) in [4.78, 5) is 11.7. The summed E-state index contributed by atoms with van der Waals surface area (Å²) in [6, 6.07) is 46.0. The van der Waals surface area contributed by atoms with Gasteiger partial charge in [-0.3, -0.25) is 0 Å². The van der Waals surface area contributed by atoms with E-state index in [2.05, 4.69) is 158 Å². The number of hydrogen-bond acceptors (Lipinski definition) is 3. The van der Waals surface area contributed by atoms with Crippen LogP contribution in [0, 0.1) is 0 Å². The normalized spacial score (nSPS) is 13.4. The van der Waals surface area contributed by atoms with Gasteiger partial charge in [0.25, 0.3) is 0 Å². The first-order chi connectivity index (χ1) is 25.5. The quantitative estimate of drug-likeness (QED) is 0.181. The molecule has 9 aromatic rings. The third kappa shape index (κ3) is 4.37. The van der Waals surface area contributed by atoms with Gasteiger partial charge in [-0.25, -0.2) is 9.97 Å². The van der Waals surface area contributed by atoms with Crippen LogP contribution in [0.4, 0.5) is 0 Å². The molecule has 0 N–H and O–H groups in total. The van der Waals surface area contributed by atoms with Crippen LogP contribution in [0.1, 0.15) is 43.0 Å². The van der Waals surface area contributed by atoms with Crippen molar-refractivity contribution in [3.63, 3.8) is 0 Å². The zero-order valence-corrected chi connectivity index (χ0v) is 30.1. The Bertz CT molecular complexity index is 2970. The van der Waals surface area contributed by atoms with Crippen LogP contribution >= 0.6 is 11.3 Å². The van der Waals surface area contributed by atoms with E-state index in [1.807, 2.05) is 30.4 Å². The number of nitrogens with zero attached hydrogens (tertiary/aromatic N) is 3. The standard InChI is InChI=1S/C48H35N3S/c1-5-14-29-15-12-20-34(33(29)6-2)44-35-18-7-9-23-40(35)49-46(50-44)32-17-11-16-30(27-32)31-25-26-41-39(28-31)48(3,4)38-22-13-21-37-43-36-19-8-10-24-42(36)52-47(43)51(41)45(37)38/h5-28H,2H2,1,3-4H3/b14-5-. The summed E-state index contributed by atoms with van der Waals surface area (Å²) in [5, 5.41) is 5.06. The fraction of sp³-hybridized carbons (Fsp3) is 0.0833. The Morgan fingerprint density at radius 3 is 2.31 bits per heavy atom. The number of thiophene rings is 1. The second-order valence-electron chi connectivity index (χ2n) is 14.2. The lowest BCUT2D eigenvalue weighted by atomic mass is 9.74. The molecular weight excluding hydrogens is 651 g/mol. The second-order valence-corrected chi connectivity index (χ2v) is 15.2. The number of para-hydroxylation sites is 2. The molecule has 0 unspecified atom stereocenters. The number of hydrogen-bond donors (Lipinski definition) is 0. The molecule has 0 atom stereocenters. The van der Waals surface area contributed by atoms with Crippen molar-refractivity contribution in [3.05, 3.63) is 162 Å². The Morgan fingerprint density at radius 1 is 0.692 bits per heavy atom. The molecule has 0 spiro atoms. The minimum absolute atomic E-state index is 0.185. The van der Waals surface area contributed by atoms with Crippen LogP contribution < -0.4 is 0 Å². The summed E-state index contributed by atoms with van der Waals surface area (Å²) < 4.78 is 3.85. The van der Waals surface area contributed by atoms with Crippen molar-refractivity contribution < 1.29 is 0 Å². The Labute approximate surface area is 306 Å². The van der Waals surface area contributed by atoms with Gasteiger partial charge in [0, 0.05) is 42.8 Å². The summed E-state index contributed by atoms with van der Waals surface area (Å²) in [7, 11) is 0. The topological polar surface area (TPSA) is 30.7 Å². The molecule has 1 aliphatic rings. The van der Waals surface area contributed by atoms with E-state index in [0.717, 1.165) is 44.4 Å². The van der Waals surface area contributed by atoms with E-state index in [4.69, 9.17) is 9.97 Å². The van der Waals surface area contributed by atoms with Crippen molar-refractivity contribution >= 4 is 65.6 Å². The number of benzene rings is 6. The predicted octanol–water partition coefficient (Wildman–Crippen LogP) is 13.3.